The minimum absolute atomic E-state index is 0.0903. The van der Waals surface area contributed by atoms with Gasteiger partial charge in [-0.25, -0.2) is 9.78 Å². The number of carboxylic acids is 1. The number of nitrogen functional groups attached to an aromatic ring is 1. The van der Waals surface area contributed by atoms with E-state index >= 15 is 0 Å². The van der Waals surface area contributed by atoms with Crippen LogP contribution in [-0.2, 0) is 0 Å². The number of nitrogens with zero attached hydrogens (tertiary/aromatic N) is 1. The van der Waals surface area contributed by atoms with E-state index in [1.54, 1.807) is 0 Å². The van der Waals surface area contributed by atoms with Gasteiger partial charge in [0, 0.05) is 4.88 Å². The predicted octanol–water partition coefficient (Wildman–Crippen LogP) is 1.55. The van der Waals surface area contributed by atoms with Crippen molar-refractivity contribution >= 4 is 22.4 Å². The molecule has 5 heteroatoms. The summed E-state index contributed by atoms with van der Waals surface area (Å²) in [6.45, 7) is 3.83. The van der Waals surface area contributed by atoms with Gasteiger partial charge in [0.15, 0.2) is 10.8 Å². The van der Waals surface area contributed by atoms with Crippen LogP contribution in [0.15, 0.2) is 0 Å². The molecule has 1 aromatic rings. The first-order chi connectivity index (χ1) is 5.52. The maximum absolute atomic E-state index is 10.6. The number of carboxylic acid groups (broad SMARTS) is 1. The number of hydrogen-bond donors (Lipinski definition) is 2. The van der Waals surface area contributed by atoms with Gasteiger partial charge in [-0.05, 0) is 5.92 Å². The Kier molecular flexibility index (Phi) is 2.32. The number of aromatic nitrogens is 1. The predicted molar refractivity (Wildman–Crippen MR) is 47.6 cm³/mol. The van der Waals surface area contributed by atoms with Gasteiger partial charge in [-0.15, -0.1) is 11.3 Å². The second-order valence-electron chi connectivity index (χ2n) is 2.72. The fourth-order valence-electron chi connectivity index (χ4n) is 0.894. The summed E-state index contributed by atoms with van der Waals surface area (Å²) in [6, 6.07) is 0. The lowest BCUT2D eigenvalue weighted by atomic mass is 10.1. The molecule has 0 aliphatic heterocycles. The van der Waals surface area contributed by atoms with Gasteiger partial charge in [0.25, 0.3) is 0 Å². The summed E-state index contributed by atoms with van der Waals surface area (Å²) in [5, 5.41) is 9.03. The van der Waals surface area contributed by atoms with Crippen LogP contribution in [0.25, 0.3) is 0 Å². The van der Waals surface area contributed by atoms with Crippen LogP contribution in [0.1, 0.15) is 35.1 Å². The largest absolute Gasteiger partial charge is 0.476 e. The average Bonchev–Trinajstić information content (AvgIpc) is 2.31. The molecule has 1 aromatic heterocycles. The van der Waals surface area contributed by atoms with E-state index in [4.69, 9.17) is 10.8 Å². The van der Waals surface area contributed by atoms with Crippen molar-refractivity contribution in [3.05, 3.63) is 10.6 Å². The monoisotopic (exact) mass is 186 g/mol. The maximum Gasteiger partial charge on any atom is 0.355 e. The Bertz CT molecular complexity index is 306. The molecule has 0 aliphatic rings. The highest BCUT2D eigenvalue weighted by atomic mass is 32.1. The maximum atomic E-state index is 10.6. The second-order valence-corrected chi connectivity index (χ2v) is 3.79. The third-order valence-electron chi connectivity index (χ3n) is 1.40. The van der Waals surface area contributed by atoms with Crippen LogP contribution >= 0.6 is 11.3 Å². The first kappa shape index (κ1) is 8.99. The molecule has 0 radical (unpaired) electrons. The molecule has 66 valence electrons. The molecular weight excluding hydrogens is 176 g/mol. The molecule has 3 N–H and O–H groups in total. The Morgan fingerprint density at radius 1 is 1.67 bits per heavy atom. The molecule has 0 amide bonds. The Balaban J connectivity index is 3.17. The third-order valence-corrected chi connectivity index (χ3v) is 2.58. The Hall–Kier alpha value is -1.10. The standard InChI is InChI=1S/C7H10N2O2S/c1-3(2)5-4(6(10)11)9-7(8)12-5/h3H,1-2H3,(H2,8,9)(H,10,11). The summed E-state index contributed by atoms with van der Waals surface area (Å²) in [7, 11) is 0. The summed E-state index contributed by atoms with van der Waals surface area (Å²) in [4.78, 5) is 15.1. The highest BCUT2D eigenvalue weighted by Gasteiger charge is 2.18. The molecule has 1 rings (SSSR count). The molecule has 1 heterocycles. The van der Waals surface area contributed by atoms with Crippen LogP contribution in [0, 0.1) is 0 Å². The van der Waals surface area contributed by atoms with Crippen LogP contribution in [-0.4, -0.2) is 16.1 Å². The Morgan fingerprint density at radius 2 is 2.25 bits per heavy atom. The molecule has 0 aromatic carbocycles. The highest BCUT2D eigenvalue weighted by molar-refractivity contribution is 7.15. The van der Waals surface area contributed by atoms with Gasteiger partial charge in [-0.3, -0.25) is 0 Å². The van der Waals surface area contributed by atoms with E-state index in [2.05, 4.69) is 4.98 Å². The van der Waals surface area contributed by atoms with Gasteiger partial charge in [0.2, 0.25) is 0 Å². The summed E-state index contributed by atoms with van der Waals surface area (Å²) in [5.74, 6) is -0.849. The van der Waals surface area contributed by atoms with Crippen LogP contribution in [0.4, 0.5) is 5.13 Å². The van der Waals surface area contributed by atoms with Gasteiger partial charge >= 0.3 is 5.97 Å². The van der Waals surface area contributed by atoms with Crippen molar-refractivity contribution in [3.63, 3.8) is 0 Å². The number of nitrogens with two attached hydrogens (primary N) is 1. The van der Waals surface area contributed by atoms with Crippen LogP contribution in [0.5, 0.6) is 0 Å². The second kappa shape index (κ2) is 3.10. The SMILES string of the molecule is CC(C)c1sc(N)nc1C(=O)O. The van der Waals surface area contributed by atoms with E-state index in [0.717, 1.165) is 4.88 Å². The number of hydrogen-bond acceptors (Lipinski definition) is 4. The van der Waals surface area contributed by atoms with Crippen LogP contribution in [0.2, 0.25) is 0 Å². The van der Waals surface area contributed by atoms with Crippen molar-refractivity contribution in [1.29, 1.82) is 0 Å². The normalized spacial score (nSPS) is 10.6. The molecule has 0 saturated heterocycles. The van der Waals surface area contributed by atoms with Crippen molar-refractivity contribution in [2.24, 2.45) is 0 Å². The fourth-order valence-corrected chi connectivity index (χ4v) is 1.72. The highest BCUT2D eigenvalue weighted by Crippen LogP contribution is 2.27. The number of carbonyl (C=O) groups is 1. The summed E-state index contributed by atoms with van der Waals surface area (Å²) in [6.07, 6.45) is 0. The van der Waals surface area contributed by atoms with Gasteiger partial charge in [-0.1, -0.05) is 13.8 Å². The van der Waals surface area contributed by atoms with Crippen molar-refractivity contribution in [1.82, 2.24) is 4.98 Å². The minimum Gasteiger partial charge on any atom is -0.476 e. The van der Waals surface area contributed by atoms with E-state index in [1.807, 2.05) is 13.8 Å². The zero-order valence-corrected chi connectivity index (χ0v) is 7.68. The van der Waals surface area contributed by atoms with Crippen LogP contribution < -0.4 is 5.73 Å². The molecule has 0 fully saturated rings. The first-order valence-corrected chi connectivity index (χ1v) is 4.33. The number of anilines is 1. The molecular formula is C7H10N2O2S. The Morgan fingerprint density at radius 3 is 2.58 bits per heavy atom. The average molecular weight is 186 g/mol. The van der Waals surface area contributed by atoms with Crippen molar-refractivity contribution in [2.75, 3.05) is 5.73 Å². The van der Waals surface area contributed by atoms with Crippen molar-refractivity contribution in [3.8, 4) is 0 Å². The van der Waals surface area contributed by atoms with Gasteiger partial charge < -0.3 is 10.8 Å². The molecule has 0 bridgehead atoms. The third kappa shape index (κ3) is 1.55. The fraction of sp³-hybridized carbons (Fsp3) is 0.429. The van der Waals surface area contributed by atoms with Crippen molar-refractivity contribution in [2.45, 2.75) is 19.8 Å². The Labute approximate surface area is 74.0 Å². The summed E-state index contributed by atoms with van der Waals surface area (Å²) in [5.41, 5.74) is 5.49. The number of rotatable bonds is 2. The molecule has 0 unspecified atom stereocenters. The van der Waals surface area contributed by atoms with Gasteiger partial charge in [0.1, 0.15) is 0 Å². The molecule has 0 atom stereocenters. The summed E-state index contributed by atoms with van der Waals surface area (Å²) < 4.78 is 0. The lowest BCUT2D eigenvalue weighted by Gasteiger charge is -1.99. The number of aromatic carboxylic acids is 1. The van der Waals surface area contributed by atoms with Gasteiger partial charge in [-0.2, -0.15) is 0 Å². The van der Waals surface area contributed by atoms with Crippen LogP contribution in [0.3, 0.4) is 0 Å². The lowest BCUT2D eigenvalue weighted by Crippen LogP contribution is -2.01. The minimum atomic E-state index is -1.01. The van der Waals surface area contributed by atoms with E-state index in [-0.39, 0.29) is 11.6 Å². The molecule has 0 spiro atoms. The molecule has 0 saturated carbocycles. The quantitative estimate of drug-likeness (QED) is 0.734. The molecule has 4 nitrogen and oxygen atoms in total. The van der Waals surface area contributed by atoms with E-state index < -0.39 is 5.97 Å². The molecule has 0 aliphatic carbocycles. The zero-order valence-electron chi connectivity index (χ0n) is 6.87. The smallest absolute Gasteiger partial charge is 0.355 e. The lowest BCUT2D eigenvalue weighted by molar-refractivity contribution is 0.0690. The topological polar surface area (TPSA) is 76.2 Å². The first-order valence-electron chi connectivity index (χ1n) is 3.52. The summed E-state index contributed by atoms with van der Waals surface area (Å²) >= 11 is 1.24. The van der Waals surface area contributed by atoms with E-state index in [9.17, 15) is 4.79 Å². The molecule has 12 heavy (non-hydrogen) atoms. The van der Waals surface area contributed by atoms with Gasteiger partial charge in [0.05, 0.1) is 0 Å². The zero-order chi connectivity index (χ0) is 9.30. The number of thiazole rings is 1. The van der Waals surface area contributed by atoms with E-state index in [0.29, 0.717) is 5.13 Å². The van der Waals surface area contributed by atoms with Crippen molar-refractivity contribution < 1.29 is 9.90 Å². The van der Waals surface area contributed by atoms with E-state index in [1.165, 1.54) is 11.3 Å².